The first kappa shape index (κ1) is 23.2. The molecule has 32 heavy (non-hydrogen) atoms. The highest BCUT2D eigenvalue weighted by molar-refractivity contribution is 7.97. The van der Waals surface area contributed by atoms with Crippen LogP contribution in [0.1, 0.15) is 23.7 Å². The van der Waals surface area contributed by atoms with Crippen LogP contribution in [0, 0.1) is 0 Å². The molecular weight excluding hydrogens is 436 g/mol. The molecule has 10 heteroatoms. The van der Waals surface area contributed by atoms with Gasteiger partial charge in [-0.2, -0.15) is 4.40 Å². The molecule has 1 heterocycles. The second-order valence-electron chi connectivity index (χ2n) is 6.95. The van der Waals surface area contributed by atoms with Gasteiger partial charge in [-0.25, -0.2) is 4.79 Å². The second-order valence-corrected chi connectivity index (χ2v) is 7.50. The van der Waals surface area contributed by atoms with Crippen molar-refractivity contribution in [3.05, 3.63) is 46.6 Å². The SMILES string of the molecule is CCOC(=O)COc1cc(O)c(C(=O)CN2CC3=C(C=CC(=C=NSC)C3)C2=O)c(O)c1. The number of hydrogen-bond donors (Lipinski definition) is 2. The molecule has 0 spiro atoms. The molecule has 0 saturated carbocycles. The molecule has 9 nitrogen and oxygen atoms in total. The van der Waals surface area contributed by atoms with Gasteiger partial charge in [-0.3, -0.25) is 9.59 Å². The highest BCUT2D eigenvalue weighted by Gasteiger charge is 2.33. The highest BCUT2D eigenvalue weighted by atomic mass is 32.2. The lowest BCUT2D eigenvalue weighted by Gasteiger charge is -2.17. The van der Waals surface area contributed by atoms with Crippen molar-refractivity contribution in [2.24, 2.45) is 4.40 Å². The quantitative estimate of drug-likeness (QED) is 0.263. The number of hydrogen-bond acceptors (Lipinski definition) is 9. The lowest BCUT2D eigenvalue weighted by atomic mass is 9.97. The summed E-state index contributed by atoms with van der Waals surface area (Å²) in [6, 6.07) is 2.23. The number of Topliss-reactive ketones (excluding diaryl/α,β-unsaturated/α-hetero) is 1. The Morgan fingerprint density at radius 1 is 1.25 bits per heavy atom. The molecule has 0 aromatic heterocycles. The summed E-state index contributed by atoms with van der Waals surface area (Å²) >= 11 is 1.28. The van der Waals surface area contributed by atoms with Crippen LogP contribution in [0.15, 0.2) is 45.4 Å². The molecule has 0 atom stereocenters. The van der Waals surface area contributed by atoms with E-state index in [1.165, 1.54) is 16.8 Å². The summed E-state index contributed by atoms with van der Waals surface area (Å²) < 4.78 is 13.9. The van der Waals surface area contributed by atoms with E-state index in [0.717, 1.165) is 23.3 Å². The number of esters is 1. The van der Waals surface area contributed by atoms with Crippen molar-refractivity contribution < 1.29 is 34.1 Å². The van der Waals surface area contributed by atoms with Crippen molar-refractivity contribution >= 4 is 35.5 Å². The minimum Gasteiger partial charge on any atom is -0.507 e. The first-order chi connectivity index (χ1) is 15.3. The summed E-state index contributed by atoms with van der Waals surface area (Å²) in [4.78, 5) is 38.2. The van der Waals surface area contributed by atoms with Crippen LogP contribution in [0.2, 0.25) is 0 Å². The van der Waals surface area contributed by atoms with Crippen LogP contribution in [-0.4, -0.2) is 71.2 Å². The summed E-state index contributed by atoms with van der Waals surface area (Å²) in [5.74, 6) is 0.334. The van der Waals surface area contributed by atoms with Crippen molar-refractivity contribution in [2.75, 3.05) is 32.6 Å². The van der Waals surface area contributed by atoms with Crippen molar-refractivity contribution in [1.82, 2.24) is 4.90 Å². The van der Waals surface area contributed by atoms with Gasteiger partial charge in [0.2, 0.25) is 0 Å². The molecular formula is C22H22N2O7S. The normalized spacial score (nSPS) is 14.9. The molecule has 1 aromatic carbocycles. The number of benzene rings is 1. The zero-order valence-corrected chi connectivity index (χ0v) is 18.4. The Balaban J connectivity index is 1.68. The molecule has 0 saturated heterocycles. The summed E-state index contributed by atoms with van der Waals surface area (Å²) in [5, 5.41) is 20.5. The maximum atomic E-state index is 12.8. The monoisotopic (exact) mass is 458 g/mol. The van der Waals surface area contributed by atoms with Gasteiger partial charge in [-0.1, -0.05) is 0 Å². The standard InChI is InChI=1S/C22H22N2O7S/c1-3-30-20(28)12-31-15-7-17(25)21(18(26)8-15)19(27)11-24-10-14-6-13(9-23-32-2)4-5-16(14)22(24)29/h4-5,7-8,25-26H,3,6,10-12H2,1-2H3. The molecule has 2 aliphatic rings. The predicted molar refractivity (Wildman–Crippen MR) is 118 cm³/mol. The fourth-order valence-corrected chi connectivity index (χ4v) is 3.59. The molecule has 1 aliphatic heterocycles. The van der Waals surface area contributed by atoms with Crippen molar-refractivity contribution in [3.8, 4) is 17.2 Å². The Bertz CT molecular complexity index is 1060. The van der Waals surface area contributed by atoms with Gasteiger partial charge in [0, 0.05) is 42.5 Å². The van der Waals surface area contributed by atoms with Gasteiger partial charge in [0.1, 0.15) is 22.8 Å². The average Bonchev–Trinajstić information content (AvgIpc) is 3.05. The van der Waals surface area contributed by atoms with E-state index in [-0.39, 0.29) is 36.9 Å². The molecule has 0 unspecified atom stereocenters. The zero-order chi connectivity index (χ0) is 23.3. The van der Waals surface area contributed by atoms with Crippen LogP contribution >= 0.6 is 11.9 Å². The van der Waals surface area contributed by atoms with E-state index in [1.807, 2.05) is 6.26 Å². The van der Waals surface area contributed by atoms with E-state index in [1.54, 1.807) is 19.1 Å². The molecule has 1 amide bonds. The van der Waals surface area contributed by atoms with Gasteiger partial charge in [0.25, 0.3) is 5.91 Å². The first-order valence-electron chi connectivity index (χ1n) is 9.76. The Morgan fingerprint density at radius 3 is 2.62 bits per heavy atom. The van der Waals surface area contributed by atoms with E-state index in [9.17, 15) is 24.6 Å². The number of ketones is 1. The van der Waals surface area contributed by atoms with Crippen LogP contribution in [0.5, 0.6) is 17.2 Å². The summed E-state index contributed by atoms with van der Waals surface area (Å²) in [7, 11) is 0. The van der Waals surface area contributed by atoms with Gasteiger partial charge < -0.3 is 24.6 Å². The van der Waals surface area contributed by atoms with E-state index < -0.39 is 29.9 Å². The maximum absolute atomic E-state index is 12.8. The van der Waals surface area contributed by atoms with Gasteiger partial charge in [0.05, 0.1) is 13.2 Å². The largest absolute Gasteiger partial charge is 0.507 e. The molecule has 1 aliphatic carbocycles. The van der Waals surface area contributed by atoms with Gasteiger partial charge in [0.15, 0.2) is 12.4 Å². The number of carbonyl (C=O) groups excluding carboxylic acids is 3. The number of nitrogens with zero attached hydrogens (tertiary/aromatic N) is 2. The third-order valence-electron chi connectivity index (χ3n) is 4.76. The fourth-order valence-electron chi connectivity index (χ4n) is 3.38. The number of ether oxygens (including phenoxy) is 2. The van der Waals surface area contributed by atoms with E-state index in [4.69, 9.17) is 9.47 Å². The molecule has 0 radical (unpaired) electrons. The van der Waals surface area contributed by atoms with Gasteiger partial charge in [-0.05, 0) is 42.5 Å². The van der Waals surface area contributed by atoms with E-state index in [2.05, 4.69) is 10.3 Å². The maximum Gasteiger partial charge on any atom is 0.344 e. The van der Waals surface area contributed by atoms with Crippen LogP contribution in [0.3, 0.4) is 0 Å². The number of amides is 1. The third kappa shape index (κ3) is 5.22. The van der Waals surface area contributed by atoms with Gasteiger partial charge >= 0.3 is 5.97 Å². The topological polar surface area (TPSA) is 126 Å². The minimum absolute atomic E-state index is 0.00431. The van der Waals surface area contributed by atoms with Crippen LogP contribution in [-0.2, 0) is 14.3 Å². The van der Waals surface area contributed by atoms with Crippen molar-refractivity contribution in [1.29, 1.82) is 0 Å². The van der Waals surface area contributed by atoms with Crippen LogP contribution < -0.4 is 4.74 Å². The number of allylic oxidation sites excluding steroid dienone is 2. The number of phenols is 2. The Labute approximate surface area is 188 Å². The minimum atomic E-state index is -0.631. The molecule has 1 aromatic rings. The van der Waals surface area contributed by atoms with Crippen molar-refractivity contribution in [3.63, 3.8) is 0 Å². The fraction of sp³-hybridized carbons (Fsp3) is 0.318. The van der Waals surface area contributed by atoms with Crippen molar-refractivity contribution in [2.45, 2.75) is 13.3 Å². The summed E-state index contributed by atoms with van der Waals surface area (Å²) in [6.07, 6.45) is 5.79. The second kappa shape index (κ2) is 10.2. The smallest absolute Gasteiger partial charge is 0.344 e. The van der Waals surface area contributed by atoms with Gasteiger partial charge in [-0.15, -0.1) is 0 Å². The lowest BCUT2D eigenvalue weighted by molar-refractivity contribution is -0.145. The lowest BCUT2D eigenvalue weighted by Crippen LogP contribution is -2.32. The Morgan fingerprint density at radius 2 is 1.97 bits per heavy atom. The summed E-state index contributed by atoms with van der Waals surface area (Å²) in [5.41, 5.74) is 1.91. The van der Waals surface area contributed by atoms with E-state index >= 15 is 0 Å². The average molecular weight is 458 g/mol. The van der Waals surface area contributed by atoms with Crippen LogP contribution in [0.4, 0.5) is 0 Å². The zero-order valence-electron chi connectivity index (χ0n) is 17.6. The molecule has 168 valence electrons. The number of carbonyl (C=O) groups is 3. The number of aromatic hydroxyl groups is 2. The number of phenolic OH excluding ortho intramolecular Hbond substituents is 2. The number of rotatable bonds is 8. The Hall–Kier alpha value is -3.49. The predicted octanol–water partition coefficient (Wildman–Crippen LogP) is 2.20. The highest BCUT2D eigenvalue weighted by Crippen LogP contribution is 2.34. The third-order valence-corrected chi connectivity index (χ3v) is 5.04. The Kier molecular flexibility index (Phi) is 7.40. The van der Waals surface area contributed by atoms with E-state index in [0.29, 0.717) is 12.0 Å². The molecule has 0 fully saturated rings. The summed E-state index contributed by atoms with van der Waals surface area (Å²) in [6.45, 7) is 1.38. The first-order valence-corrected chi connectivity index (χ1v) is 10.9. The molecule has 3 rings (SSSR count). The molecule has 0 bridgehead atoms. The van der Waals surface area contributed by atoms with Crippen LogP contribution in [0.25, 0.3) is 0 Å². The molecule has 2 N–H and O–H groups in total.